The number of fused-ring (bicyclic) bond motifs is 1. The summed E-state index contributed by atoms with van der Waals surface area (Å²) in [5.74, 6) is -1.51. The largest absolute Gasteiger partial charge is 0.505 e. The number of aromatic nitrogens is 2. The molecule has 0 saturated heterocycles. The zero-order chi connectivity index (χ0) is 30.5. The van der Waals surface area contributed by atoms with Gasteiger partial charge in [0.1, 0.15) is 31.1 Å². The molecule has 3 aromatic carbocycles. The maximum absolute atomic E-state index is 13.9. The summed E-state index contributed by atoms with van der Waals surface area (Å²) >= 11 is 6.13. The Bertz CT molecular complexity index is 2120. The van der Waals surface area contributed by atoms with Crippen molar-refractivity contribution in [3.63, 3.8) is 0 Å². The van der Waals surface area contributed by atoms with E-state index >= 15 is 0 Å². The van der Waals surface area contributed by atoms with E-state index < -0.39 is 79.0 Å². The monoisotopic (exact) mass is 716 g/mol. The van der Waals surface area contributed by atoms with E-state index in [4.69, 9.17) is 11.6 Å². The molecule has 0 unspecified atom stereocenters. The van der Waals surface area contributed by atoms with Crippen LogP contribution in [0.5, 0.6) is 5.75 Å². The second kappa shape index (κ2) is 15.4. The molecule has 4 aromatic rings. The van der Waals surface area contributed by atoms with Gasteiger partial charge in [-0.2, -0.15) is 34.6 Å². The molecule has 0 amide bonds. The number of aryl methyl sites for hydroxylation is 1. The summed E-state index contributed by atoms with van der Waals surface area (Å²) < 4.78 is 115. The van der Waals surface area contributed by atoms with Crippen molar-refractivity contribution >= 4 is 164 Å². The Labute approximate surface area is 320 Å². The number of nitrogens with one attached hydrogen (secondary N) is 1. The molecule has 23 heteroatoms. The third kappa shape index (κ3) is 8.94. The molecule has 0 fully saturated rings. The van der Waals surface area contributed by atoms with Gasteiger partial charge in [-0.15, -0.1) is 10.2 Å². The van der Waals surface area contributed by atoms with Crippen molar-refractivity contribution < 1.29 is 48.4 Å². The molecular weight excluding hydrogens is 702 g/mol. The Morgan fingerprint density at radius 3 is 1.95 bits per heavy atom. The minimum absolute atomic E-state index is 0. The van der Waals surface area contributed by atoms with Gasteiger partial charge in [-0.3, -0.25) is 13.7 Å². The van der Waals surface area contributed by atoms with Crippen LogP contribution in [-0.4, -0.2) is 143 Å². The van der Waals surface area contributed by atoms with Crippen molar-refractivity contribution in [3.05, 3.63) is 59.3 Å². The van der Waals surface area contributed by atoms with Gasteiger partial charge < -0.3 is 10.4 Å². The zero-order valence-corrected chi connectivity index (χ0v) is 32.3. The van der Waals surface area contributed by atoms with Crippen LogP contribution in [0.4, 0.5) is 27.3 Å². The SMILES string of the molecule is Cc1nc(F)nc(Nc2ccc(S(=O)(=O)O)c3cc(S(=O)(=O)O)c(N=Nc4ccccc4S(=O)(=O)O)c(O)c23)c1Cl.[Na].[Na].[Na]. The molecule has 0 bridgehead atoms. The summed E-state index contributed by atoms with van der Waals surface area (Å²) in [6.45, 7) is 1.34. The first-order valence-electron chi connectivity index (χ1n) is 10.6. The van der Waals surface area contributed by atoms with Gasteiger partial charge in [0, 0.05) is 94.1 Å². The van der Waals surface area contributed by atoms with Gasteiger partial charge in [0.05, 0.1) is 16.8 Å². The van der Waals surface area contributed by atoms with Gasteiger partial charge in [0.2, 0.25) is 0 Å². The molecule has 15 nitrogen and oxygen atoms in total. The van der Waals surface area contributed by atoms with Gasteiger partial charge in [-0.1, -0.05) is 23.7 Å². The molecule has 0 saturated carbocycles. The molecule has 0 aliphatic rings. The second-order valence-corrected chi connectivity index (χ2v) is 12.6. The van der Waals surface area contributed by atoms with Gasteiger partial charge in [0.25, 0.3) is 30.4 Å². The number of azo groups is 1. The van der Waals surface area contributed by atoms with Crippen molar-refractivity contribution in [2.24, 2.45) is 10.2 Å². The van der Waals surface area contributed by atoms with E-state index in [1.807, 2.05) is 0 Å². The standard InChI is InChI=1S/C21H15ClFN5O10S3.3Na/c1-9-17(22)20(26-21(23)24-9)25-12-6-7-13(39(30,31)32)10-8-15(41(36,37)38)18(19(29)16(10)12)28-27-11-4-2-3-5-14(11)40(33,34)35;;;/h2-8,29H,1H3,(H,24,25,26)(H,30,31,32)(H,33,34,35)(H,36,37,38);;;. The normalized spacial score (nSPS) is 11.9. The topological polar surface area (TPSA) is 246 Å². The number of rotatable bonds is 7. The fourth-order valence-electron chi connectivity index (χ4n) is 3.65. The Balaban J connectivity index is 0.00000323. The number of phenolic OH excluding ortho intramolecular Hbond substituents is 1. The number of nitrogens with zero attached hydrogens (tertiary/aromatic N) is 4. The van der Waals surface area contributed by atoms with E-state index in [9.17, 15) is 48.4 Å². The third-order valence-electron chi connectivity index (χ3n) is 5.37. The van der Waals surface area contributed by atoms with Gasteiger partial charge in [0.15, 0.2) is 11.6 Å². The van der Waals surface area contributed by atoms with Crippen molar-refractivity contribution in [3.8, 4) is 5.75 Å². The number of anilines is 2. The molecule has 1 aromatic heterocycles. The van der Waals surface area contributed by atoms with Gasteiger partial charge in [-0.25, -0.2) is 4.98 Å². The first kappa shape index (κ1) is 41.2. The Hall–Kier alpha value is -0.850. The van der Waals surface area contributed by atoms with Crippen molar-refractivity contribution in [1.29, 1.82) is 0 Å². The number of aromatic hydroxyl groups is 1. The fourth-order valence-corrected chi connectivity index (χ4v) is 5.74. The van der Waals surface area contributed by atoms with Crippen LogP contribution in [0.1, 0.15) is 5.69 Å². The van der Waals surface area contributed by atoms with Crippen molar-refractivity contribution in [2.75, 3.05) is 5.32 Å². The molecule has 5 N–H and O–H groups in total. The molecule has 219 valence electrons. The van der Waals surface area contributed by atoms with E-state index in [1.54, 1.807) is 0 Å². The van der Waals surface area contributed by atoms with Crippen LogP contribution in [0.2, 0.25) is 5.02 Å². The molecule has 44 heavy (non-hydrogen) atoms. The molecule has 0 atom stereocenters. The summed E-state index contributed by atoms with van der Waals surface area (Å²) in [6, 6.07) is 6.86. The number of halogens is 2. The number of benzene rings is 3. The summed E-state index contributed by atoms with van der Waals surface area (Å²) in [7, 11) is -15.2. The number of phenols is 1. The van der Waals surface area contributed by atoms with Crippen LogP contribution in [0.25, 0.3) is 10.8 Å². The van der Waals surface area contributed by atoms with E-state index in [0.717, 1.165) is 24.3 Å². The second-order valence-electron chi connectivity index (χ2n) is 8.06. The van der Waals surface area contributed by atoms with E-state index in [-0.39, 0.29) is 111 Å². The summed E-state index contributed by atoms with van der Waals surface area (Å²) in [5.41, 5.74) is -1.82. The average Bonchev–Trinajstić information content (AvgIpc) is 2.84. The molecule has 1 heterocycles. The quantitative estimate of drug-likeness (QED) is 0.0799. The predicted molar refractivity (Wildman–Crippen MR) is 158 cm³/mol. The maximum atomic E-state index is 13.9. The van der Waals surface area contributed by atoms with Crippen LogP contribution >= 0.6 is 11.6 Å². The first-order valence-corrected chi connectivity index (χ1v) is 15.3. The summed E-state index contributed by atoms with van der Waals surface area (Å²) in [4.78, 5) is 4.06. The molecule has 3 radical (unpaired) electrons. The Morgan fingerprint density at radius 1 is 0.818 bits per heavy atom. The van der Waals surface area contributed by atoms with Crippen LogP contribution in [0, 0.1) is 13.0 Å². The maximum Gasteiger partial charge on any atom is 0.310 e. The predicted octanol–water partition coefficient (Wildman–Crippen LogP) is 3.19. The average molecular weight is 717 g/mol. The molecular formula is C21H15ClFN5Na3O10S3. The van der Waals surface area contributed by atoms with Gasteiger partial charge in [-0.05, 0) is 37.3 Å². The van der Waals surface area contributed by atoms with Crippen molar-refractivity contribution in [1.82, 2.24) is 9.97 Å². The fraction of sp³-hybridized carbons (Fsp3) is 0.0476. The van der Waals surface area contributed by atoms with Crippen LogP contribution in [0.15, 0.2) is 67.4 Å². The molecule has 4 rings (SSSR count). The number of hydrogen-bond donors (Lipinski definition) is 5. The molecule has 0 aliphatic carbocycles. The molecule has 0 aliphatic heterocycles. The summed E-state index contributed by atoms with van der Waals surface area (Å²) in [5, 5.41) is 19.5. The van der Waals surface area contributed by atoms with E-state index in [2.05, 4.69) is 25.5 Å². The smallest absolute Gasteiger partial charge is 0.310 e. The Kier molecular flexibility index (Phi) is 14.4. The molecule has 0 spiro atoms. The van der Waals surface area contributed by atoms with Crippen LogP contribution < -0.4 is 5.32 Å². The van der Waals surface area contributed by atoms with Crippen molar-refractivity contribution in [2.45, 2.75) is 21.6 Å². The minimum Gasteiger partial charge on any atom is -0.505 e. The van der Waals surface area contributed by atoms with E-state index in [0.29, 0.717) is 6.07 Å². The zero-order valence-electron chi connectivity index (χ0n) is 23.0. The van der Waals surface area contributed by atoms with Crippen LogP contribution in [0.3, 0.4) is 0 Å². The number of hydrogen-bond acceptors (Lipinski definition) is 12. The van der Waals surface area contributed by atoms with E-state index in [1.165, 1.54) is 19.1 Å². The minimum atomic E-state index is -5.31. The Morgan fingerprint density at radius 2 is 1.39 bits per heavy atom. The summed E-state index contributed by atoms with van der Waals surface area (Å²) in [6.07, 6.45) is -1.21. The van der Waals surface area contributed by atoms with Gasteiger partial charge >= 0.3 is 6.08 Å². The van der Waals surface area contributed by atoms with Crippen LogP contribution in [-0.2, 0) is 30.4 Å². The first-order chi connectivity index (χ1) is 18.9. The third-order valence-corrected chi connectivity index (χ3v) is 8.51.